The van der Waals surface area contributed by atoms with Gasteiger partial charge in [-0.05, 0) is 69.6 Å². The zero-order chi connectivity index (χ0) is 29.4. The molecule has 3 heterocycles. The highest BCUT2D eigenvalue weighted by Crippen LogP contribution is 2.26. The number of carbonyl (C=O) groups excluding carboxylic acids is 1. The molecular formula is C31H36N8O2. The Balaban J connectivity index is 0.00000189. The number of carbonyl (C=O) groups is 1. The van der Waals surface area contributed by atoms with E-state index < -0.39 is 0 Å². The van der Waals surface area contributed by atoms with Crippen molar-refractivity contribution in [2.45, 2.75) is 20.8 Å². The third-order valence-electron chi connectivity index (χ3n) is 6.09. The van der Waals surface area contributed by atoms with Crippen molar-refractivity contribution in [3.05, 3.63) is 90.4 Å². The topological polar surface area (TPSA) is 123 Å². The lowest BCUT2D eigenvalue weighted by Crippen LogP contribution is -2.19. The van der Waals surface area contributed by atoms with Gasteiger partial charge in [-0.2, -0.15) is 0 Å². The van der Waals surface area contributed by atoms with E-state index in [-0.39, 0.29) is 5.91 Å². The van der Waals surface area contributed by atoms with Crippen molar-refractivity contribution >= 4 is 34.6 Å². The van der Waals surface area contributed by atoms with Crippen molar-refractivity contribution in [1.82, 2.24) is 24.3 Å². The summed E-state index contributed by atoms with van der Waals surface area (Å²) in [5.41, 5.74) is 11.5. The van der Waals surface area contributed by atoms with Crippen LogP contribution in [-0.2, 0) is 0 Å². The molecule has 10 heteroatoms. The van der Waals surface area contributed by atoms with Gasteiger partial charge in [-0.3, -0.25) is 9.20 Å². The normalized spacial score (nSPS) is 10.7. The van der Waals surface area contributed by atoms with Crippen LogP contribution in [0.15, 0.2) is 79.1 Å². The number of nitrogens with zero attached hydrogens (tertiary/aromatic N) is 5. The zero-order valence-electron chi connectivity index (χ0n) is 24.0. The molecule has 0 bridgehead atoms. The molecule has 0 unspecified atom stereocenters. The SMILES string of the molecule is CC.Cc1nc2cc(OCCN(C)C)ccn2c1-c1ccnc(Nc2ccc(C(=O)Nc3ccccc3N)cc2)n1. The number of pyridine rings is 1. The molecular weight excluding hydrogens is 516 g/mol. The van der Waals surface area contributed by atoms with Gasteiger partial charge in [0.25, 0.3) is 5.91 Å². The number of nitrogens with two attached hydrogens (primary N) is 1. The van der Waals surface area contributed by atoms with Gasteiger partial charge in [0.15, 0.2) is 0 Å². The summed E-state index contributed by atoms with van der Waals surface area (Å²) in [6.45, 7) is 7.39. The van der Waals surface area contributed by atoms with E-state index in [4.69, 9.17) is 20.4 Å². The Labute approximate surface area is 240 Å². The van der Waals surface area contributed by atoms with E-state index in [0.717, 1.165) is 40.7 Å². The van der Waals surface area contributed by atoms with Gasteiger partial charge in [-0.25, -0.2) is 15.0 Å². The number of para-hydroxylation sites is 2. The summed E-state index contributed by atoms with van der Waals surface area (Å²) in [6.07, 6.45) is 3.64. The quantitative estimate of drug-likeness (QED) is 0.201. The van der Waals surface area contributed by atoms with Crippen LogP contribution in [0.3, 0.4) is 0 Å². The molecule has 0 fully saturated rings. The van der Waals surface area contributed by atoms with Crippen molar-refractivity contribution in [2.24, 2.45) is 0 Å². The molecule has 5 rings (SSSR count). The smallest absolute Gasteiger partial charge is 0.255 e. The summed E-state index contributed by atoms with van der Waals surface area (Å²) in [5.74, 6) is 0.960. The van der Waals surface area contributed by atoms with Crippen molar-refractivity contribution in [1.29, 1.82) is 0 Å². The first-order chi connectivity index (χ1) is 19.9. The van der Waals surface area contributed by atoms with E-state index in [1.165, 1.54) is 0 Å². The molecule has 2 aromatic carbocycles. The van der Waals surface area contributed by atoms with Crippen LogP contribution in [-0.4, -0.2) is 57.4 Å². The maximum Gasteiger partial charge on any atom is 0.255 e. The Kier molecular flexibility index (Phi) is 9.49. The first kappa shape index (κ1) is 29.0. The monoisotopic (exact) mass is 552 g/mol. The third kappa shape index (κ3) is 7.17. The van der Waals surface area contributed by atoms with Crippen LogP contribution in [0, 0.1) is 6.92 Å². The number of ether oxygens (including phenoxy) is 1. The number of fused-ring (bicyclic) bond motifs is 1. The second kappa shape index (κ2) is 13.4. The zero-order valence-corrected chi connectivity index (χ0v) is 24.0. The van der Waals surface area contributed by atoms with Gasteiger partial charge in [0.1, 0.15) is 18.0 Å². The fraction of sp³-hybridized carbons (Fsp3) is 0.226. The average molecular weight is 553 g/mol. The Hall–Kier alpha value is -4.96. The highest BCUT2D eigenvalue weighted by atomic mass is 16.5. The largest absolute Gasteiger partial charge is 0.492 e. The number of hydrogen-bond acceptors (Lipinski definition) is 8. The molecule has 5 aromatic rings. The lowest BCUT2D eigenvalue weighted by atomic mass is 10.2. The molecule has 0 aliphatic heterocycles. The average Bonchev–Trinajstić information content (AvgIpc) is 3.30. The van der Waals surface area contributed by atoms with E-state index in [1.54, 1.807) is 42.6 Å². The molecule has 3 aromatic heterocycles. The molecule has 0 radical (unpaired) electrons. The summed E-state index contributed by atoms with van der Waals surface area (Å²) in [7, 11) is 4.03. The standard InChI is InChI=1S/C29H30N8O2.C2H6/c1-19-27(37-15-13-22(18-26(37)32-19)39-17-16-36(2)3)25-12-14-31-29(35-25)33-21-10-8-20(9-11-21)28(38)34-24-7-5-4-6-23(24)30;1-2/h4-15,18H,16-17,30H2,1-3H3,(H,34,38)(H,31,33,35);1-2H3. The number of aromatic nitrogens is 4. The summed E-state index contributed by atoms with van der Waals surface area (Å²) in [5, 5.41) is 6.04. The van der Waals surface area contributed by atoms with Gasteiger partial charge in [-0.15, -0.1) is 0 Å². The fourth-order valence-electron chi connectivity index (χ4n) is 4.08. The molecule has 0 atom stereocenters. The molecule has 41 heavy (non-hydrogen) atoms. The van der Waals surface area contributed by atoms with E-state index in [9.17, 15) is 4.79 Å². The molecule has 0 saturated carbocycles. The first-order valence-corrected chi connectivity index (χ1v) is 13.5. The maximum atomic E-state index is 12.6. The summed E-state index contributed by atoms with van der Waals surface area (Å²) >= 11 is 0. The van der Waals surface area contributed by atoms with Crippen molar-refractivity contribution in [3.8, 4) is 17.1 Å². The van der Waals surface area contributed by atoms with Crippen LogP contribution in [0.4, 0.5) is 23.0 Å². The second-order valence-corrected chi connectivity index (χ2v) is 9.30. The van der Waals surface area contributed by atoms with Crippen LogP contribution in [0.5, 0.6) is 5.75 Å². The number of hydrogen-bond donors (Lipinski definition) is 3. The number of likely N-dealkylation sites (N-methyl/N-ethyl adjacent to an activating group) is 1. The lowest BCUT2D eigenvalue weighted by Gasteiger charge is -2.11. The van der Waals surface area contributed by atoms with Crippen molar-refractivity contribution in [2.75, 3.05) is 43.6 Å². The van der Waals surface area contributed by atoms with Crippen LogP contribution in [0.25, 0.3) is 17.0 Å². The fourth-order valence-corrected chi connectivity index (χ4v) is 4.08. The van der Waals surface area contributed by atoms with Crippen LogP contribution >= 0.6 is 0 Å². The van der Waals surface area contributed by atoms with Crippen LogP contribution in [0.2, 0.25) is 0 Å². The molecule has 0 spiro atoms. The van der Waals surface area contributed by atoms with Gasteiger partial charge in [0.05, 0.1) is 28.5 Å². The Bertz CT molecular complexity index is 1610. The molecule has 0 aliphatic rings. The van der Waals surface area contributed by atoms with Gasteiger partial charge in [0, 0.05) is 36.3 Å². The number of benzene rings is 2. The highest BCUT2D eigenvalue weighted by Gasteiger charge is 2.14. The third-order valence-corrected chi connectivity index (χ3v) is 6.09. The summed E-state index contributed by atoms with van der Waals surface area (Å²) in [4.78, 5) is 28.5. The molecule has 212 valence electrons. The molecule has 10 nitrogen and oxygen atoms in total. The summed E-state index contributed by atoms with van der Waals surface area (Å²) in [6, 6.07) is 19.9. The molecule has 0 saturated heterocycles. The molecule has 0 aliphatic carbocycles. The minimum Gasteiger partial charge on any atom is -0.492 e. The Morgan fingerprint density at radius 3 is 2.51 bits per heavy atom. The maximum absolute atomic E-state index is 12.6. The van der Waals surface area contributed by atoms with Crippen LogP contribution in [0.1, 0.15) is 29.9 Å². The Morgan fingerprint density at radius 1 is 1.02 bits per heavy atom. The number of aryl methyl sites for hydroxylation is 1. The van der Waals surface area contributed by atoms with E-state index >= 15 is 0 Å². The highest BCUT2D eigenvalue weighted by molar-refractivity contribution is 6.05. The van der Waals surface area contributed by atoms with Gasteiger partial charge in [0.2, 0.25) is 5.95 Å². The molecule has 1 amide bonds. The Morgan fingerprint density at radius 2 is 1.78 bits per heavy atom. The number of imidazole rings is 1. The number of nitrogens with one attached hydrogen (secondary N) is 2. The number of rotatable bonds is 9. The number of nitrogen functional groups attached to an aromatic ring is 1. The minimum atomic E-state index is -0.243. The number of amides is 1. The predicted octanol–water partition coefficient (Wildman–Crippen LogP) is 5.64. The second-order valence-electron chi connectivity index (χ2n) is 9.30. The van der Waals surface area contributed by atoms with E-state index in [2.05, 4.69) is 20.5 Å². The predicted molar refractivity (Wildman–Crippen MR) is 165 cm³/mol. The van der Waals surface area contributed by atoms with E-state index in [0.29, 0.717) is 29.5 Å². The van der Waals surface area contributed by atoms with E-state index in [1.807, 2.05) is 75.8 Å². The lowest BCUT2D eigenvalue weighted by molar-refractivity contribution is 0.102. The minimum absolute atomic E-state index is 0.243. The summed E-state index contributed by atoms with van der Waals surface area (Å²) < 4.78 is 7.86. The van der Waals surface area contributed by atoms with Crippen molar-refractivity contribution < 1.29 is 9.53 Å². The van der Waals surface area contributed by atoms with Crippen LogP contribution < -0.4 is 21.1 Å². The van der Waals surface area contributed by atoms with Gasteiger partial charge in [-0.1, -0.05) is 26.0 Å². The van der Waals surface area contributed by atoms with Gasteiger partial charge >= 0.3 is 0 Å². The number of anilines is 4. The molecule has 4 N–H and O–H groups in total. The first-order valence-electron chi connectivity index (χ1n) is 13.5. The van der Waals surface area contributed by atoms with Gasteiger partial charge < -0.3 is 26.0 Å². The van der Waals surface area contributed by atoms with Crippen molar-refractivity contribution in [3.63, 3.8) is 0 Å².